The Kier molecular flexibility index (Phi) is 5.39. The average Bonchev–Trinajstić information content (AvgIpc) is 3.00. The van der Waals surface area contributed by atoms with E-state index in [0.717, 1.165) is 17.7 Å². The molecule has 1 amide bonds. The van der Waals surface area contributed by atoms with Gasteiger partial charge in [-0.15, -0.1) is 0 Å². The summed E-state index contributed by atoms with van der Waals surface area (Å²) in [6, 6.07) is 11.6. The van der Waals surface area contributed by atoms with Crippen molar-refractivity contribution in [2.75, 3.05) is 5.32 Å². The van der Waals surface area contributed by atoms with Gasteiger partial charge in [0.1, 0.15) is 18.1 Å². The molecular formula is C20H17F3N2O3. The Balaban J connectivity index is 1.72. The third kappa shape index (κ3) is 4.51. The van der Waals surface area contributed by atoms with Crippen LogP contribution in [-0.4, -0.2) is 11.1 Å². The first-order valence-corrected chi connectivity index (χ1v) is 8.37. The number of aryl methyl sites for hydroxylation is 2. The molecule has 1 aromatic heterocycles. The molecule has 3 rings (SSSR count). The summed E-state index contributed by atoms with van der Waals surface area (Å²) in [6.07, 6.45) is -4.44. The van der Waals surface area contributed by atoms with Crippen molar-refractivity contribution in [2.45, 2.75) is 26.6 Å². The lowest BCUT2D eigenvalue weighted by molar-refractivity contribution is -0.137. The molecule has 0 aliphatic carbocycles. The number of alkyl halides is 3. The fraction of sp³-hybridized carbons (Fsp3) is 0.200. The van der Waals surface area contributed by atoms with E-state index in [2.05, 4.69) is 10.5 Å². The second kappa shape index (κ2) is 7.75. The van der Waals surface area contributed by atoms with E-state index in [0.29, 0.717) is 17.1 Å². The molecule has 3 aromatic rings. The van der Waals surface area contributed by atoms with E-state index < -0.39 is 17.6 Å². The second-order valence-corrected chi connectivity index (χ2v) is 6.20. The van der Waals surface area contributed by atoms with Crippen LogP contribution < -0.4 is 10.1 Å². The highest BCUT2D eigenvalue weighted by atomic mass is 19.4. The third-order valence-electron chi connectivity index (χ3n) is 4.04. The van der Waals surface area contributed by atoms with Gasteiger partial charge in [-0.3, -0.25) is 4.79 Å². The Morgan fingerprint density at radius 1 is 1.14 bits per heavy atom. The molecule has 0 fully saturated rings. The SMILES string of the molecule is Cc1cccc(OCc2c(C(=O)Nc3ccc(C(F)(F)F)cc3)noc2C)c1. The first kappa shape index (κ1) is 19.5. The number of anilines is 1. The number of hydrogen-bond acceptors (Lipinski definition) is 4. The van der Waals surface area contributed by atoms with Crippen molar-refractivity contribution in [3.05, 3.63) is 76.7 Å². The molecule has 2 aromatic carbocycles. The van der Waals surface area contributed by atoms with Crippen LogP contribution in [0.4, 0.5) is 18.9 Å². The second-order valence-electron chi connectivity index (χ2n) is 6.20. The van der Waals surface area contributed by atoms with Crippen LogP contribution in [0.25, 0.3) is 0 Å². The molecule has 1 heterocycles. The summed E-state index contributed by atoms with van der Waals surface area (Å²) in [5.74, 6) is 0.458. The summed E-state index contributed by atoms with van der Waals surface area (Å²) in [6.45, 7) is 3.64. The van der Waals surface area contributed by atoms with Crippen molar-refractivity contribution in [3.8, 4) is 5.75 Å². The van der Waals surface area contributed by atoms with Gasteiger partial charge >= 0.3 is 6.18 Å². The molecule has 0 saturated heterocycles. The number of ether oxygens (including phenoxy) is 1. The molecule has 0 aliphatic heterocycles. The van der Waals surface area contributed by atoms with Crippen LogP contribution in [0.1, 0.15) is 32.9 Å². The summed E-state index contributed by atoms with van der Waals surface area (Å²) in [7, 11) is 0. The summed E-state index contributed by atoms with van der Waals surface area (Å²) >= 11 is 0. The van der Waals surface area contributed by atoms with Crippen molar-refractivity contribution < 1.29 is 27.2 Å². The number of carbonyl (C=O) groups excluding carboxylic acids is 1. The number of hydrogen-bond donors (Lipinski definition) is 1. The summed E-state index contributed by atoms with van der Waals surface area (Å²) < 4.78 is 48.7. The standard InChI is InChI=1S/C20H17F3N2O3/c1-12-4-3-5-16(10-12)27-11-17-13(2)28-25-18(17)19(26)24-15-8-6-14(7-9-15)20(21,22)23/h3-10H,11H2,1-2H3,(H,24,26). The van der Waals surface area contributed by atoms with Gasteiger partial charge in [0, 0.05) is 5.69 Å². The van der Waals surface area contributed by atoms with Gasteiger partial charge < -0.3 is 14.6 Å². The largest absolute Gasteiger partial charge is 0.489 e. The minimum Gasteiger partial charge on any atom is -0.489 e. The normalized spacial score (nSPS) is 11.3. The zero-order chi connectivity index (χ0) is 20.3. The number of rotatable bonds is 5. The van der Waals surface area contributed by atoms with Crippen molar-refractivity contribution in [1.29, 1.82) is 0 Å². The van der Waals surface area contributed by atoms with E-state index in [-0.39, 0.29) is 18.0 Å². The van der Waals surface area contributed by atoms with Crippen LogP contribution in [0.15, 0.2) is 53.1 Å². The first-order valence-electron chi connectivity index (χ1n) is 8.37. The highest BCUT2D eigenvalue weighted by molar-refractivity contribution is 6.03. The number of carbonyl (C=O) groups is 1. The van der Waals surface area contributed by atoms with E-state index >= 15 is 0 Å². The number of halogens is 3. The van der Waals surface area contributed by atoms with Crippen LogP contribution in [-0.2, 0) is 12.8 Å². The Bertz CT molecular complexity index is 979. The van der Waals surface area contributed by atoms with Crippen LogP contribution in [0, 0.1) is 13.8 Å². The molecule has 0 atom stereocenters. The van der Waals surface area contributed by atoms with Crippen molar-refractivity contribution >= 4 is 11.6 Å². The van der Waals surface area contributed by atoms with Gasteiger partial charge in [-0.1, -0.05) is 17.3 Å². The molecule has 0 bridgehead atoms. The topological polar surface area (TPSA) is 64.4 Å². The minimum absolute atomic E-state index is 0.0186. The lowest BCUT2D eigenvalue weighted by atomic mass is 10.1. The van der Waals surface area contributed by atoms with Gasteiger partial charge in [-0.2, -0.15) is 13.2 Å². The van der Waals surface area contributed by atoms with E-state index in [1.807, 2.05) is 25.1 Å². The number of nitrogens with zero attached hydrogens (tertiary/aromatic N) is 1. The molecule has 146 valence electrons. The smallest absolute Gasteiger partial charge is 0.416 e. The van der Waals surface area contributed by atoms with E-state index in [9.17, 15) is 18.0 Å². The first-order chi connectivity index (χ1) is 13.2. The molecule has 28 heavy (non-hydrogen) atoms. The molecule has 8 heteroatoms. The van der Waals surface area contributed by atoms with Gasteiger partial charge in [0.05, 0.1) is 11.1 Å². The summed E-state index contributed by atoms with van der Waals surface area (Å²) in [5.41, 5.74) is 0.926. The van der Waals surface area contributed by atoms with Gasteiger partial charge in [0.25, 0.3) is 5.91 Å². The van der Waals surface area contributed by atoms with Gasteiger partial charge in [0.2, 0.25) is 0 Å². The Hall–Kier alpha value is -3.29. The molecule has 5 nitrogen and oxygen atoms in total. The minimum atomic E-state index is -4.44. The number of aromatic nitrogens is 1. The molecule has 0 radical (unpaired) electrons. The van der Waals surface area contributed by atoms with Gasteiger partial charge in [0.15, 0.2) is 5.69 Å². The fourth-order valence-electron chi connectivity index (χ4n) is 2.53. The summed E-state index contributed by atoms with van der Waals surface area (Å²) in [4.78, 5) is 12.5. The lowest BCUT2D eigenvalue weighted by Crippen LogP contribution is -2.15. The Morgan fingerprint density at radius 3 is 2.50 bits per heavy atom. The lowest BCUT2D eigenvalue weighted by Gasteiger charge is -2.09. The quantitative estimate of drug-likeness (QED) is 0.655. The molecule has 0 aliphatic rings. The molecular weight excluding hydrogens is 373 g/mol. The average molecular weight is 390 g/mol. The molecule has 0 unspecified atom stereocenters. The maximum Gasteiger partial charge on any atom is 0.416 e. The van der Waals surface area contributed by atoms with E-state index in [4.69, 9.17) is 9.26 Å². The van der Waals surface area contributed by atoms with Crippen molar-refractivity contribution in [2.24, 2.45) is 0 Å². The molecule has 0 saturated carbocycles. The fourth-order valence-corrected chi connectivity index (χ4v) is 2.53. The predicted octanol–water partition coefficient (Wildman–Crippen LogP) is 5.14. The maximum atomic E-state index is 12.6. The van der Waals surface area contributed by atoms with E-state index in [1.54, 1.807) is 13.0 Å². The number of benzene rings is 2. The van der Waals surface area contributed by atoms with Crippen molar-refractivity contribution in [3.63, 3.8) is 0 Å². The highest BCUT2D eigenvalue weighted by Crippen LogP contribution is 2.30. The number of amides is 1. The molecule has 0 spiro atoms. The maximum absolute atomic E-state index is 12.6. The van der Waals surface area contributed by atoms with Gasteiger partial charge in [-0.25, -0.2) is 0 Å². The van der Waals surface area contributed by atoms with Crippen LogP contribution >= 0.6 is 0 Å². The van der Waals surface area contributed by atoms with Crippen LogP contribution in [0.5, 0.6) is 5.75 Å². The zero-order valence-electron chi connectivity index (χ0n) is 15.1. The van der Waals surface area contributed by atoms with E-state index in [1.165, 1.54) is 12.1 Å². The predicted molar refractivity (Wildman–Crippen MR) is 96.1 cm³/mol. The third-order valence-corrected chi connectivity index (χ3v) is 4.04. The van der Waals surface area contributed by atoms with Crippen LogP contribution in [0.2, 0.25) is 0 Å². The monoisotopic (exact) mass is 390 g/mol. The van der Waals surface area contributed by atoms with Gasteiger partial charge in [-0.05, 0) is 55.8 Å². The van der Waals surface area contributed by atoms with Crippen molar-refractivity contribution in [1.82, 2.24) is 5.16 Å². The number of nitrogens with one attached hydrogen (secondary N) is 1. The highest BCUT2D eigenvalue weighted by Gasteiger charge is 2.30. The Morgan fingerprint density at radius 2 is 1.86 bits per heavy atom. The summed E-state index contributed by atoms with van der Waals surface area (Å²) in [5, 5.41) is 6.26. The zero-order valence-corrected chi connectivity index (χ0v) is 15.1. The molecule has 1 N–H and O–H groups in total. The van der Waals surface area contributed by atoms with Crippen LogP contribution in [0.3, 0.4) is 0 Å². The Labute approximate surface area is 159 Å².